The van der Waals surface area contributed by atoms with Crippen LogP contribution in [0, 0.1) is 6.92 Å². The standard InChI is InChI=1S/C23H22N4O2/c1-17-20-10-5-6-11-21(20)27(25-17)15-7-14-24-23(29)18-12-13-22(28)26(16-18)19-8-3-2-4-9-19/h2-6,8-13,16H,7,14-15H2,1H3,(H,24,29). The molecule has 2 aromatic heterocycles. The minimum atomic E-state index is -0.198. The van der Waals surface area contributed by atoms with Gasteiger partial charge in [0.1, 0.15) is 0 Å². The Bertz CT molecular complexity index is 1210. The van der Waals surface area contributed by atoms with Gasteiger partial charge in [0.2, 0.25) is 0 Å². The van der Waals surface area contributed by atoms with Crippen LogP contribution in [-0.4, -0.2) is 26.8 Å². The summed E-state index contributed by atoms with van der Waals surface area (Å²) in [6.07, 6.45) is 2.34. The van der Waals surface area contributed by atoms with E-state index in [2.05, 4.69) is 22.5 Å². The van der Waals surface area contributed by atoms with Gasteiger partial charge in [-0.25, -0.2) is 0 Å². The first-order valence-corrected chi connectivity index (χ1v) is 9.62. The van der Waals surface area contributed by atoms with Gasteiger partial charge in [-0.2, -0.15) is 5.10 Å². The fourth-order valence-corrected chi connectivity index (χ4v) is 3.41. The lowest BCUT2D eigenvalue weighted by atomic mass is 10.2. The van der Waals surface area contributed by atoms with E-state index in [1.54, 1.807) is 12.3 Å². The average Bonchev–Trinajstić information content (AvgIpc) is 3.08. The molecule has 146 valence electrons. The zero-order chi connectivity index (χ0) is 20.2. The lowest BCUT2D eigenvalue weighted by Crippen LogP contribution is -2.27. The van der Waals surface area contributed by atoms with Crippen LogP contribution in [0.4, 0.5) is 0 Å². The van der Waals surface area contributed by atoms with E-state index >= 15 is 0 Å². The molecule has 1 amide bonds. The molecular weight excluding hydrogens is 364 g/mol. The number of para-hydroxylation sites is 2. The van der Waals surface area contributed by atoms with E-state index in [1.165, 1.54) is 10.6 Å². The number of aromatic nitrogens is 3. The number of carbonyl (C=O) groups excluding carboxylic acids is 1. The quantitative estimate of drug-likeness (QED) is 0.517. The van der Waals surface area contributed by atoms with Gasteiger partial charge in [0.15, 0.2) is 0 Å². The van der Waals surface area contributed by atoms with Crippen LogP contribution in [0.5, 0.6) is 0 Å². The van der Waals surface area contributed by atoms with E-state index in [1.807, 2.05) is 54.1 Å². The maximum absolute atomic E-state index is 12.5. The predicted octanol–water partition coefficient (Wildman–Crippen LogP) is 3.32. The number of amides is 1. The Morgan fingerprint density at radius 2 is 1.76 bits per heavy atom. The number of nitrogens with one attached hydrogen (secondary N) is 1. The summed E-state index contributed by atoms with van der Waals surface area (Å²) in [6, 6.07) is 20.4. The van der Waals surface area contributed by atoms with Crippen molar-refractivity contribution in [3.63, 3.8) is 0 Å². The van der Waals surface area contributed by atoms with Crippen LogP contribution in [0.1, 0.15) is 22.5 Å². The summed E-state index contributed by atoms with van der Waals surface area (Å²) in [5.74, 6) is -0.198. The molecule has 0 saturated carbocycles. The van der Waals surface area contributed by atoms with Gasteiger partial charge in [0.05, 0.1) is 16.8 Å². The second-order valence-corrected chi connectivity index (χ2v) is 6.90. The van der Waals surface area contributed by atoms with Crippen molar-refractivity contribution in [3.8, 4) is 5.69 Å². The highest BCUT2D eigenvalue weighted by molar-refractivity contribution is 5.93. The number of hydrogen-bond donors (Lipinski definition) is 1. The second-order valence-electron chi connectivity index (χ2n) is 6.90. The molecular formula is C23H22N4O2. The van der Waals surface area contributed by atoms with Crippen molar-refractivity contribution < 1.29 is 4.79 Å². The Balaban J connectivity index is 1.39. The fourth-order valence-electron chi connectivity index (χ4n) is 3.41. The van der Waals surface area contributed by atoms with Crippen molar-refractivity contribution in [2.75, 3.05) is 6.54 Å². The molecule has 4 aromatic rings. The highest BCUT2D eigenvalue weighted by Gasteiger charge is 2.09. The summed E-state index contributed by atoms with van der Waals surface area (Å²) >= 11 is 0. The lowest BCUT2D eigenvalue weighted by Gasteiger charge is -2.09. The van der Waals surface area contributed by atoms with Crippen molar-refractivity contribution in [1.29, 1.82) is 0 Å². The van der Waals surface area contributed by atoms with Crippen LogP contribution >= 0.6 is 0 Å². The van der Waals surface area contributed by atoms with Gasteiger partial charge >= 0.3 is 0 Å². The van der Waals surface area contributed by atoms with Gasteiger partial charge < -0.3 is 5.32 Å². The van der Waals surface area contributed by atoms with Crippen LogP contribution < -0.4 is 10.9 Å². The van der Waals surface area contributed by atoms with Gasteiger partial charge in [-0.3, -0.25) is 18.8 Å². The molecule has 4 rings (SSSR count). The summed E-state index contributed by atoms with van der Waals surface area (Å²) in [4.78, 5) is 24.7. The van der Waals surface area contributed by atoms with E-state index in [4.69, 9.17) is 0 Å². The van der Waals surface area contributed by atoms with Crippen LogP contribution in [0.3, 0.4) is 0 Å². The van der Waals surface area contributed by atoms with Crippen molar-refractivity contribution in [2.24, 2.45) is 0 Å². The zero-order valence-electron chi connectivity index (χ0n) is 16.2. The molecule has 0 aliphatic heterocycles. The molecule has 0 saturated heterocycles. The summed E-state index contributed by atoms with van der Waals surface area (Å²) < 4.78 is 3.46. The first kappa shape index (κ1) is 18.7. The summed E-state index contributed by atoms with van der Waals surface area (Å²) in [7, 11) is 0. The Kier molecular flexibility index (Phi) is 5.24. The van der Waals surface area contributed by atoms with Crippen molar-refractivity contribution in [3.05, 3.63) is 94.5 Å². The van der Waals surface area contributed by atoms with Gasteiger partial charge in [0, 0.05) is 36.4 Å². The zero-order valence-corrected chi connectivity index (χ0v) is 16.2. The Hall–Kier alpha value is -3.67. The number of aryl methyl sites for hydroxylation is 2. The predicted molar refractivity (Wildman–Crippen MR) is 113 cm³/mol. The van der Waals surface area contributed by atoms with Gasteiger partial charge in [-0.1, -0.05) is 36.4 Å². The molecule has 6 nitrogen and oxygen atoms in total. The highest BCUT2D eigenvalue weighted by atomic mass is 16.2. The molecule has 2 aromatic carbocycles. The van der Waals surface area contributed by atoms with E-state index in [0.717, 1.165) is 35.2 Å². The van der Waals surface area contributed by atoms with Crippen molar-refractivity contribution >= 4 is 16.8 Å². The molecule has 0 spiro atoms. The fraction of sp³-hybridized carbons (Fsp3) is 0.174. The molecule has 2 heterocycles. The number of pyridine rings is 1. The monoisotopic (exact) mass is 386 g/mol. The second kappa shape index (κ2) is 8.14. The molecule has 0 aliphatic carbocycles. The van der Waals surface area contributed by atoms with Crippen LogP contribution in [0.2, 0.25) is 0 Å². The van der Waals surface area contributed by atoms with Crippen molar-refractivity contribution in [2.45, 2.75) is 19.9 Å². The van der Waals surface area contributed by atoms with Crippen LogP contribution in [0.25, 0.3) is 16.6 Å². The molecule has 0 aliphatic rings. The topological polar surface area (TPSA) is 68.9 Å². The Morgan fingerprint density at radius 1 is 1.00 bits per heavy atom. The molecule has 0 fully saturated rings. The molecule has 6 heteroatoms. The van der Waals surface area contributed by atoms with E-state index < -0.39 is 0 Å². The minimum absolute atomic E-state index is 0.173. The SMILES string of the molecule is Cc1nn(CCCNC(=O)c2ccc(=O)n(-c3ccccc3)c2)c2ccccc12. The van der Waals surface area contributed by atoms with E-state index in [-0.39, 0.29) is 11.5 Å². The van der Waals surface area contributed by atoms with Gasteiger partial charge in [0.25, 0.3) is 11.5 Å². The van der Waals surface area contributed by atoms with E-state index in [0.29, 0.717) is 12.1 Å². The molecule has 0 unspecified atom stereocenters. The molecule has 0 bridgehead atoms. The number of benzene rings is 2. The molecule has 1 N–H and O–H groups in total. The van der Waals surface area contributed by atoms with Crippen molar-refractivity contribution in [1.82, 2.24) is 19.7 Å². The smallest absolute Gasteiger partial charge is 0.255 e. The number of rotatable bonds is 6. The van der Waals surface area contributed by atoms with Gasteiger partial charge in [-0.15, -0.1) is 0 Å². The third-order valence-electron chi connectivity index (χ3n) is 4.88. The average molecular weight is 386 g/mol. The Morgan fingerprint density at radius 3 is 2.59 bits per heavy atom. The normalized spacial score (nSPS) is 10.9. The maximum Gasteiger partial charge on any atom is 0.255 e. The van der Waals surface area contributed by atoms with E-state index in [9.17, 15) is 9.59 Å². The number of hydrogen-bond acceptors (Lipinski definition) is 3. The third kappa shape index (κ3) is 3.96. The lowest BCUT2D eigenvalue weighted by molar-refractivity contribution is 0.0952. The maximum atomic E-state index is 12.5. The third-order valence-corrected chi connectivity index (χ3v) is 4.88. The number of carbonyl (C=O) groups is 1. The van der Waals surface area contributed by atoms with Crippen LogP contribution in [-0.2, 0) is 6.54 Å². The van der Waals surface area contributed by atoms with Gasteiger partial charge in [-0.05, 0) is 37.6 Å². The molecule has 0 atom stereocenters. The first-order valence-electron chi connectivity index (χ1n) is 9.62. The summed E-state index contributed by atoms with van der Waals surface area (Å²) in [6.45, 7) is 3.25. The Labute approximate surface area is 168 Å². The summed E-state index contributed by atoms with van der Waals surface area (Å²) in [5, 5.41) is 8.66. The number of nitrogens with zero attached hydrogens (tertiary/aromatic N) is 3. The first-order chi connectivity index (χ1) is 14.1. The molecule has 29 heavy (non-hydrogen) atoms. The van der Waals surface area contributed by atoms with Crippen LogP contribution in [0.15, 0.2) is 77.7 Å². The number of fused-ring (bicyclic) bond motifs is 1. The minimum Gasteiger partial charge on any atom is -0.352 e. The molecule has 0 radical (unpaired) electrons. The summed E-state index contributed by atoms with van der Waals surface area (Å²) in [5.41, 5.74) is 3.12. The largest absolute Gasteiger partial charge is 0.352 e. The highest BCUT2D eigenvalue weighted by Crippen LogP contribution is 2.17.